The van der Waals surface area contributed by atoms with Gasteiger partial charge in [0.1, 0.15) is 0 Å². The number of hydrogen-bond donors (Lipinski definition) is 2. The highest BCUT2D eigenvalue weighted by Crippen LogP contribution is 2.27. The number of nitrogens with one attached hydrogen (secondary N) is 2. The van der Waals surface area contributed by atoms with E-state index in [1.54, 1.807) is 36.8 Å². The Morgan fingerprint density at radius 3 is 2.62 bits per heavy atom. The smallest absolute Gasteiger partial charge is 0.229 e. The summed E-state index contributed by atoms with van der Waals surface area (Å²) in [5.74, 6) is 0. The molecule has 0 radical (unpaired) electrons. The third-order valence-electron chi connectivity index (χ3n) is 2.67. The summed E-state index contributed by atoms with van der Waals surface area (Å²) in [5.41, 5.74) is 1.90. The van der Waals surface area contributed by atoms with Crippen LogP contribution in [0.5, 0.6) is 0 Å². The lowest BCUT2D eigenvalue weighted by molar-refractivity contribution is 0.607. The van der Waals surface area contributed by atoms with Crippen LogP contribution in [0.1, 0.15) is 18.7 Å². The van der Waals surface area contributed by atoms with E-state index in [9.17, 15) is 8.42 Å². The first-order valence-corrected chi connectivity index (χ1v) is 8.42. The number of nitrogens with zero attached hydrogens (tertiary/aromatic N) is 2. The molecule has 21 heavy (non-hydrogen) atoms. The molecule has 1 aromatic carbocycles. The second-order valence-corrected chi connectivity index (χ2v) is 6.72. The summed E-state index contributed by atoms with van der Waals surface area (Å²) < 4.78 is 24.8. The van der Waals surface area contributed by atoms with Crippen LogP contribution in [0.4, 0.5) is 11.4 Å². The molecule has 1 unspecified atom stereocenters. The van der Waals surface area contributed by atoms with Crippen molar-refractivity contribution in [3.63, 3.8) is 0 Å². The molecule has 0 aliphatic rings. The van der Waals surface area contributed by atoms with Gasteiger partial charge in [-0.3, -0.25) is 14.7 Å². The number of benzene rings is 1. The van der Waals surface area contributed by atoms with Gasteiger partial charge in [-0.15, -0.1) is 0 Å². The Labute approximate surface area is 128 Å². The van der Waals surface area contributed by atoms with Crippen molar-refractivity contribution >= 4 is 33.0 Å². The van der Waals surface area contributed by atoms with Crippen LogP contribution < -0.4 is 10.0 Å². The summed E-state index contributed by atoms with van der Waals surface area (Å²) in [5, 5.41) is 3.54. The molecule has 1 aromatic heterocycles. The fourth-order valence-corrected chi connectivity index (χ4v) is 2.61. The lowest BCUT2D eigenvalue weighted by Crippen LogP contribution is -2.11. The lowest BCUT2D eigenvalue weighted by Gasteiger charge is -2.15. The van der Waals surface area contributed by atoms with E-state index in [0.29, 0.717) is 10.7 Å². The highest BCUT2D eigenvalue weighted by molar-refractivity contribution is 7.92. The predicted molar refractivity (Wildman–Crippen MR) is 84.0 cm³/mol. The SMILES string of the molecule is CC(Nc1ccc(NS(C)(=O)=O)c(Cl)c1)c1cnccn1. The van der Waals surface area contributed by atoms with Gasteiger partial charge in [-0.05, 0) is 25.1 Å². The summed E-state index contributed by atoms with van der Waals surface area (Å²) in [7, 11) is -3.35. The monoisotopic (exact) mass is 326 g/mol. The highest BCUT2D eigenvalue weighted by atomic mass is 35.5. The largest absolute Gasteiger partial charge is 0.377 e. The fourth-order valence-electron chi connectivity index (χ4n) is 1.75. The summed E-state index contributed by atoms with van der Waals surface area (Å²) in [4.78, 5) is 8.23. The topological polar surface area (TPSA) is 84.0 Å². The molecule has 0 saturated heterocycles. The Bertz CT molecular complexity index is 722. The van der Waals surface area contributed by atoms with Crippen molar-refractivity contribution in [3.05, 3.63) is 47.5 Å². The first-order chi connectivity index (χ1) is 9.85. The minimum Gasteiger partial charge on any atom is -0.377 e. The summed E-state index contributed by atoms with van der Waals surface area (Å²) in [6.07, 6.45) is 5.99. The van der Waals surface area contributed by atoms with E-state index in [1.807, 2.05) is 6.92 Å². The van der Waals surface area contributed by atoms with Crippen molar-refractivity contribution < 1.29 is 8.42 Å². The maximum atomic E-state index is 11.2. The first kappa shape index (κ1) is 15.5. The van der Waals surface area contributed by atoms with Gasteiger partial charge in [0, 0.05) is 18.1 Å². The van der Waals surface area contributed by atoms with Crippen molar-refractivity contribution in [1.29, 1.82) is 0 Å². The van der Waals surface area contributed by atoms with Gasteiger partial charge in [-0.25, -0.2) is 8.42 Å². The predicted octanol–water partition coefficient (Wildman–Crippen LogP) is 2.67. The van der Waals surface area contributed by atoms with Crippen LogP contribution in [-0.4, -0.2) is 24.6 Å². The third-order valence-corrected chi connectivity index (χ3v) is 3.58. The molecule has 0 fully saturated rings. The zero-order valence-corrected chi connectivity index (χ0v) is 13.1. The molecule has 2 aromatic rings. The summed E-state index contributed by atoms with van der Waals surface area (Å²) in [6, 6.07) is 4.95. The summed E-state index contributed by atoms with van der Waals surface area (Å²) in [6.45, 7) is 1.95. The van der Waals surface area contributed by atoms with Crippen LogP contribution >= 0.6 is 11.6 Å². The minimum absolute atomic E-state index is 0.0523. The van der Waals surface area contributed by atoms with Crippen LogP contribution in [0.2, 0.25) is 5.02 Å². The van der Waals surface area contributed by atoms with Crippen LogP contribution in [0.25, 0.3) is 0 Å². The van der Waals surface area contributed by atoms with Gasteiger partial charge in [0.2, 0.25) is 10.0 Å². The molecule has 0 bridgehead atoms. The van der Waals surface area contributed by atoms with Crippen molar-refractivity contribution in [2.24, 2.45) is 0 Å². The number of rotatable bonds is 5. The second kappa shape index (κ2) is 6.28. The van der Waals surface area contributed by atoms with E-state index in [0.717, 1.165) is 17.6 Å². The average Bonchev–Trinajstić information content (AvgIpc) is 2.41. The van der Waals surface area contributed by atoms with E-state index >= 15 is 0 Å². The molecule has 0 spiro atoms. The zero-order chi connectivity index (χ0) is 15.5. The Morgan fingerprint density at radius 2 is 2.05 bits per heavy atom. The Morgan fingerprint density at radius 1 is 1.29 bits per heavy atom. The normalized spacial score (nSPS) is 12.7. The van der Waals surface area contributed by atoms with Crippen molar-refractivity contribution in [2.75, 3.05) is 16.3 Å². The van der Waals surface area contributed by atoms with Crippen LogP contribution in [0, 0.1) is 0 Å². The fraction of sp³-hybridized carbons (Fsp3) is 0.231. The van der Waals surface area contributed by atoms with Crippen molar-refractivity contribution in [2.45, 2.75) is 13.0 Å². The molecule has 0 aliphatic heterocycles. The van der Waals surface area contributed by atoms with Gasteiger partial charge in [0.05, 0.1) is 34.9 Å². The molecule has 6 nitrogen and oxygen atoms in total. The third kappa shape index (κ3) is 4.57. The maximum absolute atomic E-state index is 11.2. The van der Waals surface area contributed by atoms with Gasteiger partial charge in [-0.2, -0.15) is 0 Å². The van der Waals surface area contributed by atoms with Gasteiger partial charge in [0.25, 0.3) is 0 Å². The van der Waals surface area contributed by atoms with Gasteiger partial charge < -0.3 is 5.32 Å². The molecule has 1 atom stereocenters. The standard InChI is InChI=1S/C13H15ClN4O2S/c1-9(13-8-15-5-6-16-13)17-10-3-4-12(11(14)7-10)18-21(2,19)20/h3-9,17-18H,1-2H3. The van der Waals surface area contributed by atoms with Gasteiger partial charge >= 0.3 is 0 Å². The van der Waals surface area contributed by atoms with Crippen LogP contribution in [0.15, 0.2) is 36.8 Å². The molecule has 0 amide bonds. The average molecular weight is 327 g/mol. The number of halogens is 1. The molecule has 0 aliphatic carbocycles. The molecule has 2 N–H and O–H groups in total. The molecule has 2 rings (SSSR count). The Hall–Kier alpha value is -1.86. The molecule has 0 saturated carbocycles. The minimum atomic E-state index is -3.35. The maximum Gasteiger partial charge on any atom is 0.229 e. The molecule has 1 heterocycles. The lowest BCUT2D eigenvalue weighted by atomic mass is 10.2. The Balaban J connectivity index is 2.14. The Kier molecular flexibility index (Phi) is 4.64. The van der Waals surface area contributed by atoms with Crippen LogP contribution in [-0.2, 0) is 10.0 Å². The van der Waals surface area contributed by atoms with E-state index in [-0.39, 0.29) is 6.04 Å². The number of hydrogen-bond acceptors (Lipinski definition) is 5. The number of anilines is 2. The van der Waals surface area contributed by atoms with E-state index in [1.165, 1.54) is 0 Å². The van der Waals surface area contributed by atoms with Crippen molar-refractivity contribution in [3.8, 4) is 0 Å². The molecular formula is C13H15ClN4O2S. The number of sulfonamides is 1. The van der Waals surface area contributed by atoms with E-state index in [2.05, 4.69) is 20.0 Å². The van der Waals surface area contributed by atoms with E-state index in [4.69, 9.17) is 11.6 Å². The van der Waals surface area contributed by atoms with Crippen LogP contribution in [0.3, 0.4) is 0 Å². The van der Waals surface area contributed by atoms with Crippen molar-refractivity contribution in [1.82, 2.24) is 9.97 Å². The van der Waals surface area contributed by atoms with E-state index < -0.39 is 10.0 Å². The quantitative estimate of drug-likeness (QED) is 0.882. The highest BCUT2D eigenvalue weighted by Gasteiger charge is 2.10. The summed E-state index contributed by atoms with van der Waals surface area (Å²) >= 11 is 6.07. The number of aromatic nitrogens is 2. The van der Waals surface area contributed by atoms with Gasteiger partial charge in [0.15, 0.2) is 0 Å². The molecule has 112 valence electrons. The first-order valence-electron chi connectivity index (χ1n) is 6.15. The van der Waals surface area contributed by atoms with Gasteiger partial charge in [-0.1, -0.05) is 11.6 Å². The zero-order valence-electron chi connectivity index (χ0n) is 11.5. The second-order valence-electron chi connectivity index (χ2n) is 4.57. The molecule has 8 heteroatoms. The molecular weight excluding hydrogens is 312 g/mol.